The van der Waals surface area contributed by atoms with Crippen molar-refractivity contribution in [2.75, 3.05) is 6.61 Å². The Morgan fingerprint density at radius 3 is 2.09 bits per heavy atom. The molecule has 1 N–H and O–H groups in total. The lowest BCUT2D eigenvalue weighted by Gasteiger charge is -2.39. The van der Waals surface area contributed by atoms with E-state index in [-0.39, 0.29) is 16.4 Å². The van der Waals surface area contributed by atoms with E-state index in [1.165, 1.54) is 12.1 Å². The zero-order chi connectivity index (χ0) is 32.6. The largest absolute Gasteiger partial charge is 0.488 e. The maximum Gasteiger partial charge on any atom is 0.335 e. The predicted octanol–water partition coefficient (Wildman–Crippen LogP) is 10.0. The first kappa shape index (κ1) is 32.2. The average Bonchev–Trinajstić information content (AvgIpc) is 3.36. The summed E-state index contributed by atoms with van der Waals surface area (Å²) < 4.78 is 29.8. The predicted molar refractivity (Wildman–Crippen MR) is 183 cm³/mol. The monoisotopic (exact) mass is 623 g/mol. The summed E-state index contributed by atoms with van der Waals surface area (Å²) in [6.07, 6.45) is 0. The van der Waals surface area contributed by atoms with Crippen LogP contribution < -0.4 is 4.74 Å². The minimum atomic E-state index is -2.12. The Hall–Kier alpha value is -4.20. The molecule has 1 heterocycles. The molecule has 4 aromatic carbocycles. The maximum atomic E-state index is 14.2. The van der Waals surface area contributed by atoms with Gasteiger partial charge in [-0.15, -0.1) is 0 Å². The summed E-state index contributed by atoms with van der Waals surface area (Å²) in [5.74, 6) is -0.587. The fourth-order valence-corrected chi connectivity index (χ4v) is 6.52. The first-order valence-electron chi connectivity index (χ1n) is 15.3. The average molecular weight is 624 g/mol. The van der Waals surface area contributed by atoms with Crippen molar-refractivity contribution >= 4 is 25.2 Å². The summed E-state index contributed by atoms with van der Waals surface area (Å²) in [6, 6.07) is 29.5. The molecule has 0 amide bonds. The topological polar surface area (TPSA) is 60.7 Å². The second-order valence-electron chi connectivity index (χ2n) is 13.8. The summed E-state index contributed by atoms with van der Waals surface area (Å²) in [4.78, 5) is 11.8. The van der Waals surface area contributed by atoms with E-state index in [9.17, 15) is 14.3 Å². The third-order valence-corrected chi connectivity index (χ3v) is 13.4. The second-order valence-corrected chi connectivity index (χ2v) is 18.6. The first-order chi connectivity index (χ1) is 21.2. The van der Waals surface area contributed by atoms with Crippen LogP contribution in [-0.4, -0.2) is 30.6 Å². The van der Waals surface area contributed by atoms with Crippen LogP contribution in [0.25, 0.3) is 27.7 Å². The summed E-state index contributed by atoms with van der Waals surface area (Å²) in [7, 11) is -2.12. The molecule has 0 aliphatic carbocycles. The van der Waals surface area contributed by atoms with Gasteiger partial charge in [0.1, 0.15) is 18.2 Å². The lowest BCUT2D eigenvalue weighted by Crippen LogP contribution is -2.44. The van der Waals surface area contributed by atoms with Crippen molar-refractivity contribution in [3.8, 4) is 22.6 Å². The number of carboxylic acid groups (broad SMARTS) is 1. The van der Waals surface area contributed by atoms with Gasteiger partial charge in [-0.05, 0) is 77.8 Å². The minimum absolute atomic E-state index is 0.0285. The van der Waals surface area contributed by atoms with Gasteiger partial charge in [-0.3, -0.25) is 0 Å². The van der Waals surface area contributed by atoms with Crippen LogP contribution in [0.5, 0.6) is 5.75 Å². The van der Waals surface area contributed by atoms with E-state index in [4.69, 9.17) is 9.16 Å². The molecule has 0 saturated heterocycles. The number of rotatable bonds is 10. The molecule has 0 aliphatic heterocycles. The zero-order valence-corrected chi connectivity index (χ0v) is 28.1. The number of nitrogens with zero attached hydrogens (tertiary/aromatic N) is 1. The van der Waals surface area contributed by atoms with Gasteiger partial charge in [0, 0.05) is 29.0 Å². The van der Waals surface area contributed by atoms with Crippen LogP contribution in [0, 0.1) is 5.82 Å². The molecule has 5 nitrogen and oxygen atoms in total. The van der Waals surface area contributed by atoms with E-state index in [0.29, 0.717) is 19.0 Å². The maximum absolute atomic E-state index is 14.2. The van der Waals surface area contributed by atoms with Crippen molar-refractivity contribution in [1.82, 2.24) is 4.57 Å². The number of carbonyl (C=O) groups is 1. The number of aromatic carboxylic acids is 1. The molecule has 45 heavy (non-hydrogen) atoms. The summed E-state index contributed by atoms with van der Waals surface area (Å²) in [5, 5.41) is 10.6. The highest BCUT2D eigenvalue weighted by Crippen LogP contribution is 2.47. The van der Waals surface area contributed by atoms with Crippen molar-refractivity contribution in [1.29, 1.82) is 0 Å². The lowest BCUT2D eigenvalue weighted by molar-refractivity contribution is 0.0697. The normalized spacial score (nSPS) is 12.4. The molecule has 0 radical (unpaired) electrons. The van der Waals surface area contributed by atoms with Gasteiger partial charge in [0.25, 0.3) is 0 Å². The Morgan fingerprint density at radius 2 is 1.49 bits per heavy atom. The fourth-order valence-electron chi connectivity index (χ4n) is 5.37. The van der Waals surface area contributed by atoms with E-state index in [2.05, 4.69) is 58.3 Å². The molecule has 1 aromatic heterocycles. The lowest BCUT2D eigenvalue weighted by atomic mass is 9.84. The summed E-state index contributed by atoms with van der Waals surface area (Å²) >= 11 is 0. The van der Waals surface area contributed by atoms with Gasteiger partial charge in [0.05, 0.1) is 16.5 Å². The number of halogens is 1. The molecule has 5 aromatic rings. The van der Waals surface area contributed by atoms with Crippen LogP contribution in [0.4, 0.5) is 4.39 Å². The van der Waals surface area contributed by atoms with Crippen molar-refractivity contribution in [3.63, 3.8) is 0 Å². The van der Waals surface area contributed by atoms with Crippen LogP contribution >= 0.6 is 0 Å². The van der Waals surface area contributed by atoms with E-state index >= 15 is 0 Å². The highest BCUT2D eigenvalue weighted by atomic mass is 28.4. The van der Waals surface area contributed by atoms with Crippen molar-refractivity contribution in [2.24, 2.45) is 0 Å². The van der Waals surface area contributed by atoms with Gasteiger partial charge in [-0.25, -0.2) is 9.18 Å². The number of hydrogen-bond donors (Lipinski definition) is 1. The SMILES string of the molecule is CC(C)(CO[Si](C)(C)C(C)(C)C)c1c(-c2ccc(C(=O)O)cc2)c2c(OCc3ccccc3)cccc2n1-c1ccc(F)cc1. The Morgan fingerprint density at radius 1 is 0.844 bits per heavy atom. The molecule has 0 bridgehead atoms. The quantitative estimate of drug-likeness (QED) is 0.157. The van der Waals surface area contributed by atoms with Crippen molar-refractivity contribution < 1.29 is 23.5 Å². The van der Waals surface area contributed by atoms with Gasteiger partial charge in [-0.1, -0.05) is 83.1 Å². The molecule has 234 valence electrons. The van der Waals surface area contributed by atoms with Gasteiger partial charge < -0.3 is 18.8 Å². The highest BCUT2D eigenvalue weighted by molar-refractivity contribution is 6.74. The minimum Gasteiger partial charge on any atom is -0.488 e. The van der Waals surface area contributed by atoms with Crippen LogP contribution in [-0.2, 0) is 16.4 Å². The van der Waals surface area contributed by atoms with Crippen molar-refractivity contribution in [2.45, 2.75) is 64.8 Å². The smallest absolute Gasteiger partial charge is 0.335 e. The molecule has 5 rings (SSSR count). The third-order valence-electron chi connectivity index (χ3n) is 8.94. The number of carboxylic acids is 1. The number of ether oxygens (including phenoxy) is 1. The molecule has 0 saturated carbocycles. The van der Waals surface area contributed by atoms with Gasteiger partial charge in [-0.2, -0.15) is 0 Å². The standard InChI is InChI=1S/C38H42FNO4Si/c1-37(2,3)45(6,7)44-25-38(4,5)35-33(27-16-18-28(19-17-27)36(41)42)34-31(40(35)30-22-20-29(39)21-23-30)14-11-15-32(34)43-24-26-12-9-8-10-13-26/h8-23H,24-25H2,1-7H3,(H,41,42). The van der Waals surface area contributed by atoms with E-state index < -0.39 is 19.7 Å². The number of aromatic nitrogens is 1. The van der Waals surface area contributed by atoms with Crippen LogP contribution in [0.3, 0.4) is 0 Å². The molecular formula is C38H42FNO4Si. The number of fused-ring (bicyclic) bond motifs is 1. The Balaban J connectivity index is 1.80. The van der Waals surface area contributed by atoms with Gasteiger partial charge in [0.15, 0.2) is 8.32 Å². The fraction of sp³-hybridized carbons (Fsp3) is 0.289. The second kappa shape index (κ2) is 12.3. The molecule has 0 unspecified atom stereocenters. The number of benzene rings is 4. The molecule has 0 atom stereocenters. The third kappa shape index (κ3) is 6.60. The zero-order valence-electron chi connectivity index (χ0n) is 27.1. The molecule has 0 spiro atoms. The number of hydrogen-bond acceptors (Lipinski definition) is 3. The van der Waals surface area contributed by atoms with E-state index in [1.54, 1.807) is 24.3 Å². The van der Waals surface area contributed by atoms with E-state index in [0.717, 1.165) is 39.0 Å². The van der Waals surface area contributed by atoms with E-state index in [1.807, 2.05) is 54.6 Å². The van der Waals surface area contributed by atoms with Crippen LogP contribution in [0.1, 0.15) is 56.2 Å². The van der Waals surface area contributed by atoms with Gasteiger partial charge in [0.2, 0.25) is 0 Å². The molecule has 0 aliphatic rings. The Bertz CT molecular complexity index is 1800. The molecule has 0 fully saturated rings. The Labute approximate surface area is 266 Å². The Kier molecular flexibility index (Phi) is 8.80. The first-order valence-corrected chi connectivity index (χ1v) is 18.2. The highest BCUT2D eigenvalue weighted by Gasteiger charge is 2.40. The summed E-state index contributed by atoms with van der Waals surface area (Å²) in [5.41, 5.74) is 5.20. The molecular weight excluding hydrogens is 582 g/mol. The molecule has 7 heteroatoms. The van der Waals surface area contributed by atoms with Crippen LogP contribution in [0.15, 0.2) is 97.1 Å². The van der Waals surface area contributed by atoms with Gasteiger partial charge >= 0.3 is 5.97 Å². The van der Waals surface area contributed by atoms with Crippen molar-refractivity contribution in [3.05, 3.63) is 120 Å². The summed E-state index contributed by atoms with van der Waals surface area (Å²) in [6.45, 7) is 16.4. The van der Waals surface area contributed by atoms with Crippen LogP contribution in [0.2, 0.25) is 18.1 Å².